The number of rotatable bonds is 3. The second kappa shape index (κ2) is 7.24. The molecule has 1 atom stereocenters. The van der Waals surface area contributed by atoms with Gasteiger partial charge >= 0.3 is 0 Å². The van der Waals surface area contributed by atoms with Crippen LogP contribution in [0, 0.1) is 5.92 Å². The Morgan fingerprint density at radius 2 is 1.62 bits per heavy atom. The molecule has 5 nitrogen and oxygen atoms in total. The van der Waals surface area contributed by atoms with Gasteiger partial charge in [-0.1, -0.05) is 0 Å². The molecule has 4 rings (SSSR count). The molecular weight excluding hydrogens is 322 g/mol. The van der Waals surface area contributed by atoms with Crippen molar-refractivity contribution in [3.8, 4) is 0 Å². The topological polar surface area (TPSA) is 43.9 Å². The number of amides is 2. The largest absolute Gasteiger partial charge is 0.342 e. The van der Waals surface area contributed by atoms with Crippen molar-refractivity contribution in [3.05, 3.63) is 0 Å². The SMILES string of the molecule is O=C([C@H]1CCC(=O)N(C2CC2)C1)N1CCC(N2CCSCC2)CC1. The Bertz CT molecular complexity index is 483. The summed E-state index contributed by atoms with van der Waals surface area (Å²) in [5, 5.41) is 0. The Morgan fingerprint density at radius 1 is 0.917 bits per heavy atom. The van der Waals surface area contributed by atoms with Gasteiger partial charge in [-0.15, -0.1) is 0 Å². The second-order valence-corrected chi connectivity index (χ2v) is 8.94. The molecule has 24 heavy (non-hydrogen) atoms. The zero-order valence-corrected chi connectivity index (χ0v) is 15.3. The minimum atomic E-state index is 0.0474. The maximum atomic E-state index is 12.9. The van der Waals surface area contributed by atoms with Crippen molar-refractivity contribution >= 4 is 23.6 Å². The van der Waals surface area contributed by atoms with Gasteiger partial charge in [0.1, 0.15) is 0 Å². The molecule has 1 saturated carbocycles. The lowest BCUT2D eigenvalue weighted by molar-refractivity contribution is -0.144. The predicted molar refractivity (Wildman–Crippen MR) is 96.0 cm³/mol. The first-order valence-corrected chi connectivity index (χ1v) is 10.8. The van der Waals surface area contributed by atoms with E-state index in [-0.39, 0.29) is 11.8 Å². The van der Waals surface area contributed by atoms with Crippen LogP contribution in [0.5, 0.6) is 0 Å². The van der Waals surface area contributed by atoms with Crippen LogP contribution in [0.2, 0.25) is 0 Å². The van der Waals surface area contributed by atoms with Crippen molar-refractivity contribution in [2.75, 3.05) is 44.2 Å². The maximum absolute atomic E-state index is 12.9. The molecule has 0 radical (unpaired) electrons. The number of hydrogen-bond donors (Lipinski definition) is 0. The minimum absolute atomic E-state index is 0.0474. The molecule has 3 aliphatic heterocycles. The van der Waals surface area contributed by atoms with E-state index in [4.69, 9.17) is 0 Å². The van der Waals surface area contributed by atoms with Crippen LogP contribution in [-0.2, 0) is 9.59 Å². The van der Waals surface area contributed by atoms with Crippen LogP contribution in [-0.4, -0.2) is 82.8 Å². The molecule has 1 aliphatic carbocycles. The smallest absolute Gasteiger partial charge is 0.227 e. The zero-order valence-electron chi connectivity index (χ0n) is 14.5. The Kier molecular flexibility index (Phi) is 5.04. The molecule has 0 N–H and O–H groups in total. The molecule has 0 unspecified atom stereocenters. The first kappa shape index (κ1) is 16.7. The number of piperidine rings is 2. The van der Waals surface area contributed by atoms with Gasteiger partial charge in [0.15, 0.2) is 0 Å². The summed E-state index contributed by atoms with van der Waals surface area (Å²) in [6.07, 6.45) is 5.82. The fraction of sp³-hybridized carbons (Fsp3) is 0.889. The average Bonchev–Trinajstić information content (AvgIpc) is 3.47. The minimum Gasteiger partial charge on any atom is -0.342 e. The van der Waals surface area contributed by atoms with E-state index in [1.54, 1.807) is 0 Å². The van der Waals surface area contributed by atoms with Gasteiger partial charge < -0.3 is 9.80 Å². The summed E-state index contributed by atoms with van der Waals surface area (Å²) < 4.78 is 0. The Hall–Kier alpha value is -0.750. The van der Waals surface area contributed by atoms with Crippen molar-refractivity contribution in [2.24, 2.45) is 5.92 Å². The van der Waals surface area contributed by atoms with Crippen molar-refractivity contribution in [3.63, 3.8) is 0 Å². The third kappa shape index (κ3) is 3.59. The molecule has 0 spiro atoms. The number of hydrogen-bond acceptors (Lipinski definition) is 4. The van der Waals surface area contributed by atoms with Gasteiger partial charge in [-0.2, -0.15) is 11.8 Å². The summed E-state index contributed by atoms with van der Waals surface area (Å²) in [7, 11) is 0. The van der Waals surface area contributed by atoms with Gasteiger partial charge in [0, 0.05) is 62.7 Å². The lowest BCUT2D eigenvalue weighted by Crippen LogP contribution is -2.52. The summed E-state index contributed by atoms with van der Waals surface area (Å²) in [6, 6.07) is 1.11. The van der Waals surface area contributed by atoms with Crippen molar-refractivity contribution in [2.45, 2.75) is 50.6 Å². The molecule has 0 aromatic carbocycles. The quantitative estimate of drug-likeness (QED) is 0.772. The van der Waals surface area contributed by atoms with E-state index in [2.05, 4.69) is 21.6 Å². The fourth-order valence-electron chi connectivity index (χ4n) is 4.46. The second-order valence-electron chi connectivity index (χ2n) is 7.72. The van der Waals surface area contributed by atoms with Gasteiger partial charge in [-0.05, 0) is 32.1 Å². The van der Waals surface area contributed by atoms with Crippen LogP contribution in [0.25, 0.3) is 0 Å². The average molecular weight is 352 g/mol. The number of likely N-dealkylation sites (tertiary alicyclic amines) is 2. The van der Waals surface area contributed by atoms with Crippen molar-refractivity contribution in [1.82, 2.24) is 14.7 Å². The van der Waals surface area contributed by atoms with Gasteiger partial charge in [0.2, 0.25) is 11.8 Å². The molecule has 2 amide bonds. The van der Waals surface area contributed by atoms with Crippen LogP contribution in [0.4, 0.5) is 0 Å². The lowest BCUT2D eigenvalue weighted by atomic mass is 9.94. The molecular formula is C18H29N3O2S. The third-order valence-electron chi connectivity index (χ3n) is 6.12. The summed E-state index contributed by atoms with van der Waals surface area (Å²) in [4.78, 5) is 31.6. The number of carbonyl (C=O) groups is 2. The Labute approximate surface area is 149 Å². The first-order valence-electron chi connectivity index (χ1n) is 9.62. The Balaban J connectivity index is 1.28. The van der Waals surface area contributed by atoms with Crippen LogP contribution in [0.1, 0.15) is 38.5 Å². The van der Waals surface area contributed by atoms with E-state index in [0.717, 1.165) is 45.2 Å². The molecule has 3 heterocycles. The fourth-order valence-corrected chi connectivity index (χ4v) is 5.40. The summed E-state index contributed by atoms with van der Waals surface area (Å²) in [6.45, 7) is 4.91. The Morgan fingerprint density at radius 3 is 2.29 bits per heavy atom. The highest BCUT2D eigenvalue weighted by Gasteiger charge is 2.40. The highest BCUT2D eigenvalue weighted by atomic mass is 32.2. The molecule has 0 aromatic rings. The number of thioether (sulfide) groups is 1. The van der Waals surface area contributed by atoms with Crippen LogP contribution in [0.3, 0.4) is 0 Å². The molecule has 4 fully saturated rings. The molecule has 4 aliphatic rings. The molecule has 134 valence electrons. The number of nitrogens with zero attached hydrogens (tertiary/aromatic N) is 3. The zero-order chi connectivity index (χ0) is 16.5. The highest BCUT2D eigenvalue weighted by Crippen LogP contribution is 2.32. The highest BCUT2D eigenvalue weighted by molar-refractivity contribution is 7.99. The van der Waals surface area contributed by atoms with Crippen molar-refractivity contribution in [1.29, 1.82) is 0 Å². The predicted octanol–water partition coefficient (Wildman–Crippen LogP) is 1.43. The van der Waals surface area contributed by atoms with E-state index >= 15 is 0 Å². The molecule has 3 saturated heterocycles. The van der Waals surface area contributed by atoms with Crippen LogP contribution < -0.4 is 0 Å². The standard InChI is InChI=1S/C18H29N3O2S/c22-17-4-1-14(13-21(17)16-2-3-16)18(23)20-7-5-15(6-8-20)19-9-11-24-12-10-19/h14-16H,1-13H2/t14-/m0/s1. The van der Waals surface area contributed by atoms with E-state index in [1.807, 2.05) is 4.90 Å². The number of carbonyl (C=O) groups excluding carboxylic acids is 2. The molecule has 6 heteroatoms. The van der Waals surface area contributed by atoms with Crippen LogP contribution >= 0.6 is 11.8 Å². The van der Waals surface area contributed by atoms with Gasteiger partial charge in [-0.3, -0.25) is 14.5 Å². The monoisotopic (exact) mass is 351 g/mol. The van der Waals surface area contributed by atoms with E-state index in [9.17, 15) is 9.59 Å². The normalized spacial score (nSPS) is 30.7. The van der Waals surface area contributed by atoms with E-state index in [1.165, 1.54) is 24.6 Å². The van der Waals surface area contributed by atoms with Gasteiger partial charge in [-0.25, -0.2) is 0 Å². The first-order chi connectivity index (χ1) is 11.7. The van der Waals surface area contributed by atoms with Crippen molar-refractivity contribution < 1.29 is 9.59 Å². The van der Waals surface area contributed by atoms with Crippen LogP contribution in [0.15, 0.2) is 0 Å². The summed E-state index contributed by atoms with van der Waals surface area (Å²) in [5.41, 5.74) is 0. The molecule has 0 bridgehead atoms. The lowest BCUT2D eigenvalue weighted by Gasteiger charge is -2.41. The summed E-state index contributed by atoms with van der Waals surface area (Å²) >= 11 is 2.06. The molecule has 0 aromatic heterocycles. The van der Waals surface area contributed by atoms with E-state index < -0.39 is 0 Å². The maximum Gasteiger partial charge on any atom is 0.227 e. The summed E-state index contributed by atoms with van der Waals surface area (Å²) in [5.74, 6) is 3.13. The van der Waals surface area contributed by atoms with E-state index in [0.29, 0.717) is 31.0 Å². The third-order valence-corrected chi connectivity index (χ3v) is 7.06. The van der Waals surface area contributed by atoms with Gasteiger partial charge in [0.05, 0.1) is 5.92 Å². The van der Waals surface area contributed by atoms with Gasteiger partial charge in [0.25, 0.3) is 0 Å².